The van der Waals surface area contributed by atoms with E-state index in [0.717, 1.165) is 0 Å². The summed E-state index contributed by atoms with van der Waals surface area (Å²) in [5, 5.41) is 1.78. The second-order valence-electron chi connectivity index (χ2n) is 1.12. The van der Waals surface area contributed by atoms with E-state index in [4.69, 9.17) is 0 Å². The molecule has 0 bridgehead atoms. The molecule has 0 aromatic carbocycles. The lowest BCUT2D eigenvalue weighted by atomic mass is 10.7. The maximum Gasteiger partial charge on any atom is 0.314 e. The molecular formula is C3H7FN2O. The summed E-state index contributed by atoms with van der Waals surface area (Å²) in [6.07, 6.45) is -1.35. The molecule has 7 heavy (non-hydrogen) atoms. The molecule has 0 heterocycles. The van der Waals surface area contributed by atoms with Crippen molar-refractivity contribution in [3.05, 3.63) is 0 Å². The SMILES string of the molecule is CC(F)NC(N)=O. The van der Waals surface area contributed by atoms with E-state index in [9.17, 15) is 9.18 Å². The number of nitrogens with two attached hydrogens (primary N) is 1. The Kier molecular flexibility index (Phi) is 2.11. The van der Waals surface area contributed by atoms with E-state index in [2.05, 4.69) is 5.73 Å². The van der Waals surface area contributed by atoms with E-state index in [-0.39, 0.29) is 0 Å². The summed E-state index contributed by atoms with van der Waals surface area (Å²) in [6.45, 7) is 1.19. The van der Waals surface area contributed by atoms with Gasteiger partial charge in [0.25, 0.3) is 0 Å². The van der Waals surface area contributed by atoms with Crippen LogP contribution in [0.15, 0.2) is 0 Å². The van der Waals surface area contributed by atoms with Gasteiger partial charge in [0.1, 0.15) is 0 Å². The molecule has 1 atom stereocenters. The topological polar surface area (TPSA) is 55.1 Å². The average Bonchev–Trinajstić information content (AvgIpc) is 1.27. The first-order valence-electron chi connectivity index (χ1n) is 1.83. The van der Waals surface area contributed by atoms with Crippen molar-refractivity contribution in [1.82, 2.24) is 5.32 Å². The van der Waals surface area contributed by atoms with Crippen LogP contribution in [0.5, 0.6) is 0 Å². The number of carbonyl (C=O) groups is 1. The van der Waals surface area contributed by atoms with Crippen LogP contribution >= 0.6 is 0 Å². The summed E-state index contributed by atoms with van der Waals surface area (Å²) >= 11 is 0. The molecular weight excluding hydrogens is 99.0 g/mol. The lowest BCUT2D eigenvalue weighted by molar-refractivity contribution is 0.230. The van der Waals surface area contributed by atoms with Crippen LogP contribution in [0.4, 0.5) is 9.18 Å². The van der Waals surface area contributed by atoms with Crippen LogP contribution in [-0.2, 0) is 0 Å². The van der Waals surface area contributed by atoms with Crippen LogP contribution in [-0.4, -0.2) is 12.3 Å². The third kappa shape index (κ3) is 5.20. The van der Waals surface area contributed by atoms with Crippen molar-refractivity contribution < 1.29 is 9.18 Å². The van der Waals surface area contributed by atoms with Crippen molar-refractivity contribution in [3.8, 4) is 0 Å². The van der Waals surface area contributed by atoms with E-state index >= 15 is 0 Å². The number of halogens is 1. The van der Waals surface area contributed by atoms with Gasteiger partial charge in [0.2, 0.25) is 0 Å². The van der Waals surface area contributed by atoms with Crippen LogP contribution in [0, 0.1) is 0 Å². The molecule has 0 rings (SSSR count). The quantitative estimate of drug-likeness (QED) is 0.453. The Labute approximate surface area is 40.7 Å². The predicted octanol–water partition coefficient (Wildman–Crippen LogP) is -0.0298. The number of hydrogen-bond donors (Lipinski definition) is 2. The van der Waals surface area contributed by atoms with E-state index in [1.165, 1.54) is 6.92 Å². The standard InChI is InChI=1S/C3H7FN2O/c1-2(4)6-3(5)7/h2H,1H3,(H3,5,6,7). The average molecular weight is 106 g/mol. The Morgan fingerprint density at radius 1 is 2.00 bits per heavy atom. The Bertz CT molecular complexity index is 73.3. The second kappa shape index (κ2) is 2.39. The second-order valence-corrected chi connectivity index (χ2v) is 1.12. The van der Waals surface area contributed by atoms with Gasteiger partial charge in [0.05, 0.1) is 0 Å². The molecule has 4 heteroatoms. The summed E-state index contributed by atoms with van der Waals surface area (Å²) in [5.74, 6) is 0. The summed E-state index contributed by atoms with van der Waals surface area (Å²) in [4.78, 5) is 9.68. The molecule has 0 aliphatic carbocycles. The largest absolute Gasteiger partial charge is 0.352 e. The molecule has 0 aliphatic heterocycles. The summed E-state index contributed by atoms with van der Waals surface area (Å²) in [6, 6.07) is -0.838. The van der Waals surface area contributed by atoms with Gasteiger partial charge in [-0.15, -0.1) is 0 Å². The summed E-state index contributed by atoms with van der Waals surface area (Å²) < 4.78 is 11.5. The Morgan fingerprint density at radius 3 is 2.43 bits per heavy atom. The van der Waals surface area contributed by atoms with Gasteiger partial charge in [-0.1, -0.05) is 0 Å². The molecule has 0 saturated heterocycles. The highest BCUT2D eigenvalue weighted by Gasteiger charge is 1.95. The van der Waals surface area contributed by atoms with E-state index in [0.29, 0.717) is 0 Å². The zero-order valence-corrected chi connectivity index (χ0v) is 3.94. The van der Waals surface area contributed by atoms with Gasteiger partial charge in [0.15, 0.2) is 6.30 Å². The van der Waals surface area contributed by atoms with E-state index in [1.807, 2.05) is 0 Å². The molecule has 2 amide bonds. The smallest absolute Gasteiger partial charge is 0.314 e. The van der Waals surface area contributed by atoms with E-state index in [1.54, 1.807) is 5.32 Å². The number of urea groups is 1. The monoisotopic (exact) mass is 106 g/mol. The number of amides is 2. The van der Waals surface area contributed by atoms with Crippen LogP contribution in [0.1, 0.15) is 6.92 Å². The van der Waals surface area contributed by atoms with Crippen LogP contribution in [0.3, 0.4) is 0 Å². The Hall–Kier alpha value is -0.800. The van der Waals surface area contributed by atoms with Crippen LogP contribution < -0.4 is 11.1 Å². The molecule has 0 spiro atoms. The van der Waals surface area contributed by atoms with Gasteiger partial charge in [-0.2, -0.15) is 0 Å². The minimum absolute atomic E-state index is 0.838. The maximum atomic E-state index is 11.5. The number of rotatable bonds is 1. The number of carbonyl (C=O) groups excluding carboxylic acids is 1. The van der Waals surface area contributed by atoms with E-state index < -0.39 is 12.3 Å². The fourth-order valence-corrected chi connectivity index (χ4v) is 0.196. The third-order valence-electron chi connectivity index (χ3n) is 0.341. The van der Waals surface area contributed by atoms with Gasteiger partial charge in [-0.3, -0.25) is 0 Å². The van der Waals surface area contributed by atoms with Gasteiger partial charge in [-0.05, 0) is 6.92 Å². The Balaban J connectivity index is 3.13. The predicted molar refractivity (Wildman–Crippen MR) is 23.3 cm³/mol. The van der Waals surface area contributed by atoms with Crippen LogP contribution in [0.25, 0.3) is 0 Å². The van der Waals surface area contributed by atoms with Crippen molar-refractivity contribution in [2.24, 2.45) is 5.73 Å². The molecule has 0 aromatic rings. The fourth-order valence-electron chi connectivity index (χ4n) is 0.196. The first-order valence-corrected chi connectivity index (χ1v) is 1.83. The normalized spacial score (nSPS) is 12.9. The summed E-state index contributed by atoms with van der Waals surface area (Å²) in [5.41, 5.74) is 4.50. The van der Waals surface area contributed by atoms with Gasteiger partial charge < -0.3 is 11.1 Å². The van der Waals surface area contributed by atoms with Crippen molar-refractivity contribution in [1.29, 1.82) is 0 Å². The van der Waals surface area contributed by atoms with Crippen LogP contribution in [0.2, 0.25) is 0 Å². The number of nitrogens with one attached hydrogen (secondary N) is 1. The van der Waals surface area contributed by atoms with Gasteiger partial charge >= 0.3 is 6.03 Å². The van der Waals surface area contributed by atoms with Crippen molar-refractivity contribution in [3.63, 3.8) is 0 Å². The molecule has 3 nitrogen and oxygen atoms in total. The fraction of sp³-hybridized carbons (Fsp3) is 0.667. The number of hydrogen-bond acceptors (Lipinski definition) is 1. The minimum Gasteiger partial charge on any atom is -0.352 e. The highest BCUT2D eigenvalue weighted by molar-refractivity contribution is 5.71. The van der Waals surface area contributed by atoms with Crippen molar-refractivity contribution in [2.45, 2.75) is 13.2 Å². The first-order chi connectivity index (χ1) is 3.13. The molecule has 0 radical (unpaired) electrons. The Morgan fingerprint density at radius 2 is 2.43 bits per heavy atom. The summed E-state index contributed by atoms with van der Waals surface area (Å²) in [7, 11) is 0. The molecule has 0 aliphatic rings. The zero-order chi connectivity index (χ0) is 5.86. The van der Waals surface area contributed by atoms with Crippen molar-refractivity contribution in [2.75, 3.05) is 0 Å². The highest BCUT2D eigenvalue weighted by Crippen LogP contribution is 1.76. The molecule has 0 fully saturated rings. The lowest BCUT2D eigenvalue weighted by Crippen LogP contribution is -2.33. The maximum absolute atomic E-state index is 11.5. The van der Waals surface area contributed by atoms with Crippen molar-refractivity contribution >= 4 is 6.03 Å². The lowest BCUT2D eigenvalue weighted by Gasteiger charge is -1.97. The molecule has 0 aromatic heterocycles. The number of alkyl halides is 1. The highest BCUT2D eigenvalue weighted by atomic mass is 19.1. The molecule has 0 saturated carbocycles. The molecule has 3 N–H and O–H groups in total. The van der Waals surface area contributed by atoms with Gasteiger partial charge in [-0.25, -0.2) is 9.18 Å². The first kappa shape index (κ1) is 6.20. The third-order valence-corrected chi connectivity index (χ3v) is 0.341. The van der Waals surface area contributed by atoms with Gasteiger partial charge in [0, 0.05) is 0 Å². The number of primary amides is 1. The molecule has 42 valence electrons. The zero-order valence-electron chi connectivity index (χ0n) is 3.94. The minimum atomic E-state index is -1.35. The molecule has 1 unspecified atom stereocenters.